The molecule has 1 aromatic rings. The van der Waals surface area contributed by atoms with Crippen molar-refractivity contribution in [1.29, 1.82) is 0 Å². The summed E-state index contributed by atoms with van der Waals surface area (Å²) >= 11 is 0. The third-order valence-corrected chi connectivity index (χ3v) is 3.57. The van der Waals surface area contributed by atoms with Crippen molar-refractivity contribution in [2.75, 3.05) is 11.9 Å². The van der Waals surface area contributed by atoms with E-state index in [1.165, 1.54) is 25.1 Å². The summed E-state index contributed by atoms with van der Waals surface area (Å²) in [4.78, 5) is 24.8. The third-order valence-electron chi connectivity index (χ3n) is 3.57. The molecular formula is C15H18F2N2O4. The van der Waals surface area contributed by atoms with E-state index in [1.807, 2.05) is 0 Å². The Bertz CT molecular complexity index is 578. The molecule has 0 radical (unpaired) electrons. The van der Waals surface area contributed by atoms with Crippen molar-refractivity contribution >= 4 is 17.6 Å². The average molecular weight is 328 g/mol. The van der Waals surface area contributed by atoms with E-state index in [-0.39, 0.29) is 24.0 Å². The lowest BCUT2D eigenvalue weighted by Gasteiger charge is -2.25. The second-order valence-corrected chi connectivity index (χ2v) is 5.34. The minimum Gasteiger partial charge on any atom is -0.480 e. The van der Waals surface area contributed by atoms with Crippen molar-refractivity contribution in [3.05, 3.63) is 24.3 Å². The van der Waals surface area contributed by atoms with Crippen LogP contribution in [0.15, 0.2) is 24.3 Å². The molecule has 126 valence electrons. The van der Waals surface area contributed by atoms with Gasteiger partial charge in [-0.15, -0.1) is 0 Å². The van der Waals surface area contributed by atoms with Crippen LogP contribution in [0.2, 0.25) is 0 Å². The number of rotatable bonds is 8. The van der Waals surface area contributed by atoms with Crippen LogP contribution in [0.25, 0.3) is 0 Å². The van der Waals surface area contributed by atoms with Crippen LogP contribution in [0.1, 0.15) is 19.8 Å². The largest absolute Gasteiger partial charge is 0.480 e. The molecule has 0 saturated heterocycles. The lowest BCUT2D eigenvalue weighted by Crippen LogP contribution is -2.44. The number of ether oxygens (including phenoxy) is 1. The van der Waals surface area contributed by atoms with Gasteiger partial charge >= 0.3 is 12.6 Å². The molecule has 1 aliphatic rings. The summed E-state index contributed by atoms with van der Waals surface area (Å²) in [5.74, 6) is -1.62. The van der Waals surface area contributed by atoms with Crippen LogP contribution in [0.5, 0.6) is 5.75 Å². The molecule has 1 amide bonds. The first-order chi connectivity index (χ1) is 10.9. The normalized spacial score (nSPS) is 15.5. The molecular weight excluding hydrogens is 310 g/mol. The van der Waals surface area contributed by atoms with Crippen molar-refractivity contribution in [3.63, 3.8) is 0 Å². The van der Waals surface area contributed by atoms with Crippen LogP contribution in [-0.2, 0) is 9.59 Å². The average Bonchev–Trinajstić information content (AvgIpc) is 3.30. The minimum absolute atomic E-state index is 0.0689. The smallest absolute Gasteiger partial charge is 0.387 e. The second-order valence-electron chi connectivity index (χ2n) is 5.34. The van der Waals surface area contributed by atoms with Gasteiger partial charge in [-0.1, -0.05) is 12.1 Å². The first kappa shape index (κ1) is 17.1. The van der Waals surface area contributed by atoms with Gasteiger partial charge in [0.25, 0.3) is 0 Å². The fraction of sp³-hybridized carbons (Fsp3) is 0.467. The number of alkyl halides is 2. The number of carbonyl (C=O) groups is 2. The molecule has 8 heteroatoms. The monoisotopic (exact) mass is 328 g/mol. The van der Waals surface area contributed by atoms with Crippen molar-refractivity contribution in [2.45, 2.75) is 38.5 Å². The number of anilines is 1. The van der Waals surface area contributed by atoms with Gasteiger partial charge in [-0.25, -0.2) is 0 Å². The van der Waals surface area contributed by atoms with E-state index in [2.05, 4.69) is 10.1 Å². The maximum absolute atomic E-state index is 12.3. The number of nitrogens with zero attached hydrogens (tertiary/aromatic N) is 1. The molecule has 0 spiro atoms. The van der Waals surface area contributed by atoms with Crippen LogP contribution in [0, 0.1) is 0 Å². The standard InChI is InChI=1S/C15H18F2N2O4/c1-9(14(21)22)19(10-6-7-10)8-13(20)18-11-4-2-3-5-12(11)23-15(16)17/h2-5,9-10,15H,6-8H2,1H3,(H,18,20)(H,21,22). The predicted molar refractivity (Wildman–Crippen MR) is 78.5 cm³/mol. The van der Waals surface area contributed by atoms with E-state index < -0.39 is 24.5 Å². The number of hydrogen-bond acceptors (Lipinski definition) is 4. The number of para-hydroxylation sites is 2. The van der Waals surface area contributed by atoms with Crippen molar-refractivity contribution in [3.8, 4) is 5.75 Å². The predicted octanol–water partition coefficient (Wildman–Crippen LogP) is 2.16. The molecule has 0 bridgehead atoms. The molecule has 1 atom stereocenters. The SMILES string of the molecule is CC(C(=O)O)N(CC(=O)Nc1ccccc1OC(F)F)C1CC1. The number of nitrogens with one attached hydrogen (secondary N) is 1. The summed E-state index contributed by atoms with van der Waals surface area (Å²) < 4.78 is 29.0. The first-order valence-electron chi connectivity index (χ1n) is 7.20. The fourth-order valence-corrected chi connectivity index (χ4v) is 2.25. The highest BCUT2D eigenvalue weighted by atomic mass is 19.3. The summed E-state index contributed by atoms with van der Waals surface area (Å²) in [6.45, 7) is -1.61. The first-order valence-corrected chi connectivity index (χ1v) is 7.20. The van der Waals surface area contributed by atoms with E-state index in [0.717, 1.165) is 12.8 Å². The van der Waals surface area contributed by atoms with E-state index in [0.29, 0.717) is 0 Å². The molecule has 0 aliphatic heterocycles. The summed E-state index contributed by atoms with van der Waals surface area (Å²) in [5.41, 5.74) is 0.122. The van der Waals surface area contributed by atoms with Gasteiger partial charge in [0, 0.05) is 6.04 Å². The van der Waals surface area contributed by atoms with Crippen molar-refractivity contribution < 1.29 is 28.2 Å². The zero-order chi connectivity index (χ0) is 17.0. The third kappa shape index (κ3) is 4.88. The van der Waals surface area contributed by atoms with Crippen molar-refractivity contribution in [2.24, 2.45) is 0 Å². The van der Waals surface area contributed by atoms with Crippen LogP contribution in [-0.4, -0.2) is 47.1 Å². The highest BCUT2D eigenvalue weighted by molar-refractivity contribution is 5.94. The van der Waals surface area contributed by atoms with Gasteiger partial charge in [-0.2, -0.15) is 8.78 Å². The van der Waals surface area contributed by atoms with Gasteiger partial charge in [0.15, 0.2) is 0 Å². The van der Waals surface area contributed by atoms with Crippen molar-refractivity contribution in [1.82, 2.24) is 4.90 Å². The van der Waals surface area contributed by atoms with Gasteiger partial charge < -0.3 is 15.2 Å². The number of amides is 1. The van der Waals surface area contributed by atoms with Gasteiger partial charge in [0.1, 0.15) is 11.8 Å². The quantitative estimate of drug-likeness (QED) is 0.764. The molecule has 2 N–H and O–H groups in total. The number of benzene rings is 1. The Labute approximate surface area is 132 Å². The Balaban J connectivity index is 2.02. The number of aliphatic carboxylic acids is 1. The van der Waals surface area contributed by atoms with E-state index in [4.69, 9.17) is 5.11 Å². The topological polar surface area (TPSA) is 78.9 Å². The Morgan fingerprint density at radius 1 is 1.39 bits per heavy atom. The molecule has 0 heterocycles. The summed E-state index contributed by atoms with van der Waals surface area (Å²) in [6.07, 6.45) is 1.69. The van der Waals surface area contributed by atoms with E-state index >= 15 is 0 Å². The highest BCUT2D eigenvalue weighted by Crippen LogP contribution is 2.29. The Kier molecular flexibility index (Phi) is 5.49. The van der Waals surface area contributed by atoms with E-state index in [9.17, 15) is 18.4 Å². The fourth-order valence-electron chi connectivity index (χ4n) is 2.25. The van der Waals surface area contributed by atoms with Crippen LogP contribution >= 0.6 is 0 Å². The highest BCUT2D eigenvalue weighted by Gasteiger charge is 2.36. The number of carbonyl (C=O) groups excluding carboxylic acids is 1. The molecule has 1 aromatic carbocycles. The molecule has 23 heavy (non-hydrogen) atoms. The maximum atomic E-state index is 12.3. The van der Waals surface area contributed by atoms with E-state index in [1.54, 1.807) is 11.0 Å². The summed E-state index contributed by atoms with van der Waals surface area (Å²) in [6, 6.07) is 5.13. The molecule has 0 aromatic heterocycles. The molecule has 1 aliphatic carbocycles. The zero-order valence-corrected chi connectivity index (χ0v) is 12.5. The summed E-state index contributed by atoms with van der Waals surface area (Å²) in [5, 5.41) is 11.6. The van der Waals surface area contributed by atoms with Crippen LogP contribution < -0.4 is 10.1 Å². The number of hydrogen-bond donors (Lipinski definition) is 2. The lowest BCUT2D eigenvalue weighted by atomic mass is 10.2. The Morgan fingerprint density at radius 3 is 2.61 bits per heavy atom. The maximum Gasteiger partial charge on any atom is 0.387 e. The van der Waals surface area contributed by atoms with Gasteiger partial charge in [0.2, 0.25) is 5.91 Å². The zero-order valence-electron chi connectivity index (χ0n) is 12.5. The molecule has 1 unspecified atom stereocenters. The Hall–Kier alpha value is -2.22. The lowest BCUT2D eigenvalue weighted by molar-refractivity contribution is -0.143. The van der Waals surface area contributed by atoms with Gasteiger partial charge in [-0.05, 0) is 31.9 Å². The number of carboxylic acids is 1. The molecule has 1 fully saturated rings. The second kappa shape index (κ2) is 7.36. The number of halogens is 2. The van der Waals surface area contributed by atoms with Crippen LogP contribution in [0.4, 0.5) is 14.5 Å². The number of carboxylic acid groups (broad SMARTS) is 1. The Morgan fingerprint density at radius 2 is 2.04 bits per heavy atom. The van der Waals surface area contributed by atoms with Gasteiger partial charge in [-0.3, -0.25) is 14.5 Å². The molecule has 2 rings (SSSR count). The molecule has 1 saturated carbocycles. The van der Waals surface area contributed by atoms with Crippen LogP contribution in [0.3, 0.4) is 0 Å². The minimum atomic E-state index is -3.00. The molecule has 6 nitrogen and oxygen atoms in total. The van der Waals surface area contributed by atoms with Gasteiger partial charge in [0.05, 0.1) is 12.2 Å². The summed E-state index contributed by atoms with van der Waals surface area (Å²) in [7, 11) is 0.